The summed E-state index contributed by atoms with van der Waals surface area (Å²) in [4.78, 5) is 14.1. The van der Waals surface area contributed by atoms with Crippen molar-refractivity contribution < 1.29 is 9.53 Å². The molecule has 1 heterocycles. The Balaban J connectivity index is 1.74. The van der Waals surface area contributed by atoms with Gasteiger partial charge in [0.25, 0.3) is 0 Å². The summed E-state index contributed by atoms with van der Waals surface area (Å²) in [6.45, 7) is 10.9. The van der Waals surface area contributed by atoms with Gasteiger partial charge < -0.3 is 10.1 Å². The van der Waals surface area contributed by atoms with E-state index >= 15 is 0 Å². The maximum atomic E-state index is 11.8. The van der Waals surface area contributed by atoms with Crippen LogP contribution in [0.15, 0.2) is 0 Å². The van der Waals surface area contributed by atoms with Crippen molar-refractivity contribution in [3.05, 3.63) is 0 Å². The van der Waals surface area contributed by atoms with Crippen LogP contribution in [0.1, 0.15) is 59.8 Å². The van der Waals surface area contributed by atoms with E-state index in [2.05, 4.69) is 24.1 Å². The van der Waals surface area contributed by atoms with Gasteiger partial charge in [-0.2, -0.15) is 0 Å². The molecule has 0 aromatic rings. The van der Waals surface area contributed by atoms with E-state index in [-0.39, 0.29) is 11.9 Å². The first-order chi connectivity index (χ1) is 9.88. The van der Waals surface area contributed by atoms with Crippen LogP contribution < -0.4 is 5.32 Å². The minimum absolute atomic E-state index is 0.161. The third-order valence-electron chi connectivity index (χ3n) is 4.86. The van der Waals surface area contributed by atoms with E-state index in [1.165, 1.54) is 32.1 Å². The van der Waals surface area contributed by atoms with Crippen LogP contribution in [0.5, 0.6) is 0 Å². The standard InChI is InChI=1S/C17H32N2O2/c1-13(2)18-16(20)12-19-9-7-17(8-10-19)6-5-15(11-17)21-14(3)4/h13-15H,5-12H2,1-4H3,(H,18,20)/t15-/m0/s1. The van der Waals surface area contributed by atoms with Gasteiger partial charge in [0, 0.05) is 6.04 Å². The van der Waals surface area contributed by atoms with Crippen LogP contribution in [0.2, 0.25) is 0 Å². The number of piperidine rings is 1. The fourth-order valence-electron chi connectivity index (χ4n) is 3.87. The van der Waals surface area contributed by atoms with Crippen molar-refractivity contribution in [3.63, 3.8) is 0 Å². The number of carbonyl (C=O) groups excluding carboxylic acids is 1. The Bertz CT molecular complexity index is 347. The zero-order chi connectivity index (χ0) is 15.5. The number of likely N-dealkylation sites (tertiary alicyclic amines) is 1. The highest BCUT2D eigenvalue weighted by molar-refractivity contribution is 5.78. The van der Waals surface area contributed by atoms with Gasteiger partial charge in [0.1, 0.15) is 0 Å². The lowest BCUT2D eigenvalue weighted by Crippen LogP contribution is -2.45. The lowest BCUT2D eigenvalue weighted by molar-refractivity contribution is -0.123. The van der Waals surface area contributed by atoms with E-state index in [0.717, 1.165) is 13.1 Å². The highest BCUT2D eigenvalue weighted by Gasteiger charge is 2.42. The molecular formula is C17H32N2O2. The zero-order valence-electron chi connectivity index (χ0n) is 14.2. The van der Waals surface area contributed by atoms with Crippen molar-refractivity contribution in [1.82, 2.24) is 10.2 Å². The van der Waals surface area contributed by atoms with Crippen LogP contribution in [0.3, 0.4) is 0 Å². The molecule has 1 N–H and O–H groups in total. The van der Waals surface area contributed by atoms with Crippen LogP contribution in [0, 0.1) is 5.41 Å². The fraction of sp³-hybridized carbons (Fsp3) is 0.941. The van der Waals surface area contributed by atoms with E-state index in [0.29, 0.717) is 24.2 Å². The molecule has 122 valence electrons. The van der Waals surface area contributed by atoms with Gasteiger partial charge in [-0.05, 0) is 78.3 Å². The smallest absolute Gasteiger partial charge is 0.234 e. The van der Waals surface area contributed by atoms with Crippen molar-refractivity contribution in [1.29, 1.82) is 0 Å². The molecule has 1 aliphatic carbocycles. The summed E-state index contributed by atoms with van der Waals surface area (Å²) in [6.07, 6.45) is 6.98. The maximum absolute atomic E-state index is 11.8. The van der Waals surface area contributed by atoms with Crippen LogP contribution in [0.25, 0.3) is 0 Å². The summed E-state index contributed by atoms with van der Waals surface area (Å²) >= 11 is 0. The Morgan fingerprint density at radius 2 is 1.90 bits per heavy atom. The lowest BCUT2D eigenvalue weighted by Gasteiger charge is -2.39. The fourth-order valence-corrected chi connectivity index (χ4v) is 3.87. The molecule has 1 amide bonds. The Kier molecular flexibility index (Phi) is 5.67. The van der Waals surface area contributed by atoms with Crippen molar-refractivity contribution in [2.45, 2.75) is 78.0 Å². The first kappa shape index (κ1) is 16.8. The molecule has 4 nitrogen and oxygen atoms in total. The lowest BCUT2D eigenvalue weighted by atomic mass is 9.77. The topological polar surface area (TPSA) is 41.6 Å². The third kappa shape index (κ3) is 4.96. The molecule has 0 aromatic heterocycles. The van der Waals surface area contributed by atoms with Gasteiger partial charge in [-0.15, -0.1) is 0 Å². The second kappa shape index (κ2) is 7.10. The van der Waals surface area contributed by atoms with Gasteiger partial charge in [0.2, 0.25) is 5.91 Å². The molecule has 1 saturated carbocycles. The molecule has 1 atom stereocenters. The summed E-state index contributed by atoms with van der Waals surface area (Å²) in [5.74, 6) is 0.161. The Morgan fingerprint density at radius 3 is 2.48 bits per heavy atom. The predicted octanol–water partition coefficient (Wildman–Crippen LogP) is 2.57. The first-order valence-corrected chi connectivity index (χ1v) is 8.56. The highest BCUT2D eigenvalue weighted by Crippen LogP contribution is 2.47. The molecule has 0 unspecified atom stereocenters. The number of hydrogen-bond acceptors (Lipinski definition) is 3. The second-order valence-electron chi connectivity index (χ2n) is 7.55. The monoisotopic (exact) mass is 296 g/mol. The van der Waals surface area contributed by atoms with Crippen LogP contribution in [-0.2, 0) is 9.53 Å². The van der Waals surface area contributed by atoms with E-state index in [1.54, 1.807) is 0 Å². The van der Waals surface area contributed by atoms with Crippen LogP contribution >= 0.6 is 0 Å². The molecule has 2 fully saturated rings. The molecule has 4 heteroatoms. The van der Waals surface area contributed by atoms with E-state index in [9.17, 15) is 4.79 Å². The summed E-state index contributed by atoms with van der Waals surface area (Å²) < 4.78 is 6.00. The van der Waals surface area contributed by atoms with Crippen molar-refractivity contribution in [3.8, 4) is 0 Å². The van der Waals surface area contributed by atoms with Crippen molar-refractivity contribution >= 4 is 5.91 Å². The van der Waals surface area contributed by atoms with Gasteiger partial charge >= 0.3 is 0 Å². The highest BCUT2D eigenvalue weighted by atomic mass is 16.5. The molecule has 1 saturated heterocycles. The summed E-state index contributed by atoms with van der Waals surface area (Å²) in [6, 6.07) is 0.234. The van der Waals surface area contributed by atoms with E-state index in [1.807, 2.05) is 13.8 Å². The van der Waals surface area contributed by atoms with Gasteiger partial charge in [0.05, 0.1) is 18.8 Å². The third-order valence-corrected chi connectivity index (χ3v) is 4.86. The van der Waals surface area contributed by atoms with Crippen molar-refractivity contribution in [2.75, 3.05) is 19.6 Å². The van der Waals surface area contributed by atoms with E-state index < -0.39 is 0 Å². The predicted molar refractivity (Wildman–Crippen MR) is 85.2 cm³/mol. The SMILES string of the molecule is CC(C)NC(=O)CN1CCC2(CC[C@H](OC(C)C)C2)CC1. The largest absolute Gasteiger partial charge is 0.376 e. The number of nitrogens with one attached hydrogen (secondary N) is 1. The number of rotatable bonds is 5. The second-order valence-corrected chi connectivity index (χ2v) is 7.55. The molecule has 1 spiro atoms. The van der Waals surface area contributed by atoms with Crippen molar-refractivity contribution in [2.24, 2.45) is 5.41 Å². The average Bonchev–Trinajstić information content (AvgIpc) is 2.74. The minimum Gasteiger partial charge on any atom is -0.376 e. The number of amides is 1. The molecule has 1 aliphatic heterocycles. The molecule has 2 aliphatic rings. The molecular weight excluding hydrogens is 264 g/mol. The number of carbonyl (C=O) groups is 1. The van der Waals surface area contributed by atoms with Gasteiger partial charge in [-0.3, -0.25) is 9.69 Å². The average molecular weight is 296 g/mol. The summed E-state index contributed by atoms with van der Waals surface area (Å²) in [5, 5.41) is 2.98. The summed E-state index contributed by atoms with van der Waals surface area (Å²) in [5.41, 5.74) is 0.491. The maximum Gasteiger partial charge on any atom is 0.234 e. The Hall–Kier alpha value is -0.610. The molecule has 2 rings (SSSR count). The Morgan fingerprint density at radius 1 is 1.24 bits per heavy atom. The zero-order valence-corrected chi connectivity index (χ0v) is 14.2. The quantitative estimate of drug-likeness (QED) is 0.848. The molecule has 21 heavy (non-hydrogen) atoms. The van der Waals surface area contributed by atoms with Gasteiger partial charge in [-0.1, -0.05) is 0 Å². The van der Waals surface area contributed by atoms with E-state index in [4.69, 9.17) is 4.74 Å². The van der Waals surface area contributed by atoms with Crippen LogP contribution in [-0.4, -0.2) is 48.7 Å². The Labute approximate surface area is 129 Å². The van der Waals surface area contributed by atoms with Crippen LogP contribution in [0.4, 0.5) is 0 Å². The molecule has 0 aromatic carbocycles. The van der Waals surface area contributed by atoms with Gasteiger partial charge in [-0.25, -0.2) is 0 Å². The molecule has 0 bridgehead atoms. The van der Waals surface area contributed by atoms with Gasteiger partial charge in [0.15, 0.2) is 0 Å². The number of nitrogens with zero attached hydrogens (tertiary/aromatic N) is 1. The number of hydrogen-bond donors (Lipinski definition) is 1. The first-order valence-electron chi connectivity index (χ1n) is 8.56. The summed E-state index contributed by atoms with van der Waals surface area (Å²) in [7, 11) is 0. The minimum atomic E-state index is 0.161. The molecule has 0 radical (unpaired) electrons. The normalized spacial score (nSPS) is 25.9. The number of ether oxygens (including phenoxy) is 1.